The first-order valence-corrected chi connectivity index (χ1v) is 7.93. The molecule has 1 aromatic rings. The van der Waals surface area contributed by atoms with Crippen molar-refractivity contribution in [1.82, 2.24) is 0 Å². The Hall–Kier alpha value is -0.230. The lowest BCUT2D eigenvalue weighted by molar-refractivity contribution is 0.529. The van der Waals surface area contributed by atoms with Crippen molar-refractivity contribution < 1.29 is 0 Å². The Morgan fingerprint density at radius 3 is 2.94 bits per heavy atom. The summed E-state index contributed by atoms with van der Waals surface area (Å²) in [5.74, 6) is 1.84. The summed E-state index contributed by atoms with van der Waals surface area (Å²) in [5, 5.41) is 4.49. The van der Waals surface area contributed by atoms with Gasteiger partial charge in [-0.1, -0.05) is 37.7 Å². The third kappa shape index (κ3) is 3.88. The number of nitrogens with zero attached hydrogens (tertiary/aromatic N) is 1. The first kappa shape index (κ1) is 13.2. The highest BCUT2D eigenvalue weighted by atomic mass is 127. The summed E-state index contributed by atoms with van der Waals surface area (Å²) in [6.45, 7) is 4.51. The lowest BCUT2D eigenvalue weighted by atomic mass is 10.1. The molecule has 2 rings (SSSR count). The molecule has 1 atom stereocenters. The zero-order valence-corrected chi connectivity index (χ0v) is 13.1. The lowest BCUT2D eigenvalue weighted by Gasteiger charge is -2.08. The second-order valence-electron chi connectivity index (χ2n) is 4.63. The van der Waals surface area contributed by atoms with Crippen LogP contribution in [0.1, 0.15) is 20.3 Å². The van der Waals surface area contributed by atoms with E-state index in [1.807, 2.05) is 11.8 Å². The van der Waals surface area contributed by atoms with Crippen molar-refractivity contribution in [2.24, 2.45) is 10.9 Å². The molecule has 92 valence electrons. The van der Waals surface area contributed by atoms with Crippen molar-refractivity contribution in [2.75, 3.05) is 11.1 Å². The van der Waals surface area contributed by atoms with Crippen molar-refractivity contribution in [3.63, 3.8) is 0 Å². The topological polar surface area (TPSA) is 24.4 Å². The van der Waals surface area contributed by atoms with Crippen molar-refractivity contribution in [2.45, 2.75) is 26.3 Å². The summed E-state index contributed by atoms with van der Waals surface area (Å²) in [4.78, 5) is 4.73. The predicted molar refractivity (Wildman–Crippen MR) is 85.9 cm³/mol. The molecule has 0 saturated heterocycles. The van der Waals surface area contributed by atoms with Gasteiger partial charge in [-0.2, -0.15) is 0 Å². The summed E-state index contributed by atoms with van der Waals surface area (Å²) in [6.07, 6.45) is 1.18. The summed E-state index contributed by atoms with van der Waals surface area (Å²) < 4.78 is 1.24. The van der Waals surface area contributed by atoms with Gasteiger partial charge >= 0.3 is 0 Å². The Labute approximate surface area is 121 Å². The Kier molecular flexibility index (Phi) is 4.73. The van der Waals surface area contributed by atoms with E-state index in [4.69, 9.17) is 4.99 Å². The van der Waals surface area contributed by atoms with Crippen molar-refractivity contribution >= 4 is 45.2 Å². The van der Waals surface area contributed by atoms with Crippen molar-refractivity contribution in [3.8, 4) is 0 Å². The fourth-order valence-corrected chi connectivity index (χ4v) is 3.32. The van der Waals surface area contributed by atoms with Gasteiger partial charge in [0.15, 0.2) is 5.17 Å². The smallest absolute Gasteiger partial charge is 0.161 e. The first-order valence-electron chi connectivity index (χ1n) is 5.87. The second-order valence-corrected chi connectivity index (χ2v) is 6.80. The van der Waals surface area contributed by atoms with Crippen LogP contribution in [0.15, 0.2) is 29.3 Å². The fraction of sp³-hybridized carbons (Fsp3) is 0.462. The number of halogens is 1. The molecule has 1 aliphatic rings. The minimum atomic E-state index is 0.490. The highest BCUT2D eigenvalue weighted by molar-refractivity contribution is 14.1. The van der Waals surface area contributed by atoms with E-state index in [9.17, 15) is 0 Å². The lowest BCUT2D eigenvalue weighted by Crippen LogP contribution is -2.08. The van der Waals surface area contributed by atoms with Gasteiger partial charge in [0.05, 0.1) is 11.7 Å². The van der Waals surface area contributed by atoms with Gasteiger partial charge in [0.2, 0.25) is 0 Å². The molecule has 0 saturated carbocycles. The summed E-state index contributed by atoms with van der Waals surface area (Å²) in [6, 6.07) is 8.80. The number of rotatable bonds is 3. The van der Waals surface area contributed by atoms with Gasteiger partial charge in [0, 0.05) is 9.32 Å². The molecule has 0 spiro atoms. The standard InChI is InChI=1S/C13H17IN2S/c1-9(2)7-10-8-17-13(15-10)16-12-6-4-3-5-11(12)14/h3-6,9-10H,7-8H2,1-2H3,(H,15,16). The van der Waals surface area contributed by atoms with Crippen LogP contribution in [0.5, 0.6) is 0 Å². The van der Waals surface area contributed by atoms with E-state index >= 15 is 0 Å². The maximum absolute atomic E-state index is 4.73. The molecule has 1 unspecified atom stereocenters. The van der Waals surface area contributed by atoms with Crippen LogP contribution in [-0.4, -0.2) is 17.0 Å². The fourth-order valence-electron chi connectivity index (χ4n) is 1.83. The molecule has 17 heavy (non-hydrogen) atoms. The van der Waals surface area contributed by atoms with E-state index < -0.39 is 0 Å². The predicted octanol–water partition coefficient (Wildman–Crippen LogP) is 4.22. The van der Waals surface area contributed by atoms with E-state index in [-0.39, 0.29) is 0 Å². The quantitative estimate of drug-likeness (QED) is 0.817. The molecular formula is C13H17IN2S. The molecule has 1 aliphatic heterocycles. The van der Waals surface area contributed by atoms with E-state index in [2.05, 4.69) is 66.0 Å². The van der Waals surface area contributed by atoms with Crippen molar-refractivity contribution in [1.29, 1.82) is 0 Å². The van der Waals surface area contributed by atoms with Crippen molar-refractivity contribution in [3.05, 3.63) is 27.8 Å². The van der Waals surface area contributed by atoms with Crippen LogP contribution >= 0.6 is 34.4 Å². The molecule has 1 heterocycles. The van der Waals surface area contributed by atoms with Gasteiger partial charge in [0.25, 0.3) is 0 Å². The monoisotopic (exact) mass is 360 g/mol. The van der Waals surface area contributed by atoms with Crippen LogP contribution < -0.4 is 5.32 Å². The molecule has 2 nitrogen and oxygen atoms in total. The Balaban J connectivity index is 1.99. The molecule has 0 bridgehead atoms. The maximum atomic E-state index is 4.73. The van der Waals surface area contributed by atoms with Gasteiger partial charge in [-0.3, -0.25) is 4.99 Å². The van der Waals surface area contributed by atoms with Crippen LogP contribution in [-0.2, 0) is 0 Å². The number of para-hydroxylation sites is 1. The van der Waals surface area contributed by atoms with Gasteiger partial charge < -0.3 is 5.32 Å². The minimum absolute atomic E-state index is 0.490. The van der Waals surface area contributed by atoms with Gasteiger partial charge in [-0.05, 0) is 47.1 Å². The molecule has 0 amide bonds. The Bertz CT molecular complexity index is 418. The van der Waals surface area contributed by atoms with Gasteiger partial charge in [-0.15, -0.1) is 0 Å². The van der Waals surface area contributed by atoms with Gasteiger partial charge in [-0.25, -0.2) is 0 Å². The number of aliphatic imine (C=N–C) groups is 1. The van der Waals surface area contributed by atoms with Crippen LogP contribution in [0.25, 0.3) is 0 Å². The van der Waals surface area contributed by atoms with E-state index in [0.717, 1.165) is 22.5 Å². The Morgan fingerprint density at radius 1 is 1.47 bits per heavy atom. The highest BCUT2D eigenvalue weighted by Gasteiger charge is 2.19. The Morgan fingerprint density at radius 2 is 2.24 bits per heavy atom. The summed E-state index contributed by atoms with van der Waals surface area (Å²) in [5.41, 5.74) is 1.16. The van der Waals surface area contributed by atoms with Crippen LogP contribution in [0.4, 0.5) is 5.69 Å². The number of hydrogen-bond acceptors (Lipinski definition) is 3. The molecular weight excluding hydrogens is 343 g/mol. The second kappa shape index (κ2) is 6.09. The molecule has 0 aromatic heterocycles. The van der Waals surface area contributed by atoms with E-state index in [1.54, 1.807) is 0 Å². The number of amidine groups is 1. The SMILES string of the molecule is CC(C)CC1CSC(Nc2ccccc2I)=N1. The molecule has 4 heteroatoms. The van der Waals surface area contributed by atoms with Crippen LogP contribution in [0.2, 0.25) is 0 Å². The molecule has 1 N–H and O–H groups in total. The average molecular weight is 360 g/mol. The number of thioether (sulfide) groups is 1. The minimum Gasteiger partial charge on any atom is -0.334 e. The number of benzene rings is 1. The molecule has 0 radical (unpaired) electrons. The first-order chi connectivity index (χ1) is 8.15. The maximum Gasteiger partial charge on any atom is 0.161 e. The largest absolute Gasteiger partial charge is 0.334 e. The summed E-state index contributed by atoms with van der Waals surface area (Å²) >= 11 is 4.18. The molecule has 1 aromatic carbocycles. The average Bonchev–Trinajstić information content (AvgIpc) is 2.68. The normalized spacial score (nSPS) is 19.5. The number of hydrogen-bond donors (Lipinski definition) is 1. The van der Waals surface area contributed by atoms with E-state index in [0.29, 0.717) is 6.04 Å². The van der Waals surface area contributed by atoms with Crippen LogP contribution in [0.3, 0.4) is 0 Å². The molecule has 0 fully saturated rings. The zero-order valence-electron chi connectivity index (χ0n) is 10.1. The number of nitrogens with one attached hydrogen (secondary N) is 1. The molecule has 0 aliphatic carbocycles. The van der Waals surface area contributed by atoms with Gasteiger partial charge in [0.1, 0.15) is 0 Å². The van der Waals surface area contributed by atoms with E-state index in [1.165, 1.54) is 9.99 Å². The third-order valence-electron chi connectivity index (χ3n) is 2.57. The zero-order chi connectivity index (χ0) is 12.3. The van der Waals surface area contributed by atoms with Crippen LogP contribution in [0, 0.1) is 9.49 Å². The third-order valence-corrected chi connectivity index (χ3v) is 4.54. The highest BCUT2D eigenvalue weighted by Crippen LogP contribution is 2.25. The number of anilines is 1. The summed E-state index contributed by atoms with van der Waals surface area (Å²) in [7, 11) is 0.